The van der Waals surface area contributed by atoms with E-state index in [-0.39, 0.29) is 30.7 Å². The normalized spacial score (nSPS) is 19.8. The average molecular weight is 292 g/mol. The Labute approximate surface area is 123 Å². The van der Waals surface area contributed by atoms with Crippen LogP contribution in [0.25, 0.3) is 0 Å². The third-order valence-corrected chi connectivity index (χ3v) is 3.69. The van der Waals surface area contributed by atoms with E-state index in [1.54, 1.807) is 39.3 Å². The first kappa shape index (κ1) is 15.3. The number of carbonyl (C=O) groups excluding carboxylic acids is 2. The highest BCUT2D eigenvalue weighted by atomic mass is 16.5. The van der Waals surface area contributed by atoms with Crippen LogP contribution in [0.4, 0.5) is 0 Å². The Balaban J connectivity index is 2.19. The van der Waals surface area contributed by atoms with Gasteiger partial charge in [0.2, 0.25) is 11.8 Å². The number of hydrogen-bond donors (Lipinski definition) is 1. The first-order chi connectivity index (χ1) is 9.97. The molecule has 1 aliphatic heterocycles. The molecule has 0 saturated carbocycles. The summed E-state index contributed by atoms with van der Waals surface area (Å²) < 4.78 is 10.4. The van der Waals surface area contributed by atoms with Crippen LogP contribution in [0.3, 0.4) is 0 Å². The summed E-state index contributed by atoms with van der Waals surface area (Å²) in [6.45, 7) is 1.91. The minimum atomic E-state index is -0.496. The third-order valence-electron chi connectivity index (χ3n) is 3.69. The Morgan fingerprint density at radius 3 is 2.57 bits per heavy atom. The van der Waals surface area contributed by atoms with Crippen LogP contribution in [0, 0.1) is 5.92 Å². The third kappa shape index (κ3) is 3.00. The molecule has 1 aromatic rings. The Bertz CT molecular complexity index is 559. The maximum atomic E-state index is 11.9. The van der Waals surface area contributed by atoms with Crippen LogP contribution < -0.4 is 15.2 Å². The molecule has 2 N–H and O–H groups in total. The number of carbonyl (C=O) groups is 2. The average Bonchev–Trinajstić information content (AvgIpc) is 2.72. The van der Waals surface area contributed by atoms with Gasteiger partial charge in [0.25, 0.3) is 0 Å². The lowest BCUT2D eigenvalue weighted by atomic mass is 10.1. The van der Waals surface area contributed by atoms with Crippen LogP contribution in [0.15, 0.2) is 18.2 Å². The highest BCUT2D eigenvalue weighted by molar-refractivity contribution is 6.03. The maximum Gasteiger partial charge on any atom is 0.232 e. The molecule has 0 aromatic heterocycles. The second kappa shape index (κ2) is 6.13. The van der Waals surface area contributed by atoms with E-state index in [0.717, 1.165) is 5.56 Å². The summed E-state index contributed by atoms with van der Waals surface area (Å²) in [4.78, 5) is 25.0. The van der Waals surface area contributed by atoms with Crippen LogP contribution in [-0.4, -0.2) is 37.5 Å². The monoisotopic (exact) mass is 292 g/mol. The molecule has 1 aliphatic rings. The van der Waals surface area contributed by atoms with Gasteiger partial charge in [-0.3, -0.25) is 14.5 Å². The number of nitrogens with two attached hydrogens (primary N) is 1. The Morgan fingerprint density at radius 2 is 2.05 bits per heavy atom. The highest BCUT2D eigenvalue weighted by Gasteiger charge is 2.36. The lowest BCUT2D eigenvalue weighted by molar-refractivity contribution is -0.139. The standard InChI is InChI=1S/C15H20N2O4/c1-9-6-14(18)17(15(9)19)8-12(16)11-5-4-10(20-2)7-13(11)21-3/h4-5,7,9,12H,6,8,16H2,1-3H3. The van der Waals surface area contributed by atoms with Crippen molar-refractivity contribution in [3.05, 3.63) is 23.8 Å². The molecule has 1 fully saturated rings. The van der Waals surface area contributed by atoms with Crippen LogP contribution >= 0.6 is 0 Å². The predicted octanol–water partition coefficient (Wildman–Crippen LogP) is 1.10. The van der Waals surface area contributed by atoms with Gasteiger partial charge < -0.3 is 15.2 Å². The van der Waals surface area contributed by atoms with Gasteiger partial charge in [-0.15, -0.1) is 0 Å². The molecule has 6 nitrogen and oxygen atoms in total. The fraction of sp³-hybridized carbons (Fsp3) is 0.467. The van der Waals surface area contributed by atoms with E-state index in [4.69, 9.17) is 15.2 Å². The van der Waals surface area contributed by atoms with Crippen molar-refractivity contribution < 1.29 is 19.1 Å². The van der Waals surface area contributed by atoms with E-state index >= 15 is 0 Å². The van der Waals surface area contributed by atoms with Crippen molar-refractivity contribution >= 4 is 11.8 Å². The molecule has 21 heavy (non-hydrogen) atoms. The molecule has 2 amide bonds. The number of benzene rings is 1. The zero-order valence-corrected chi connectivity index (χ0v) is 12.5. The van der Waals surface area contributed by atoms with Crippen molar-refractivity contribution in [1.82, 2.24) is 4.90 Å². The van der Waals surface area contributed by atoms with Gasteiger partial charge in [-0.05, 0) is 6.07 Å². The van der Waals surface area contributed by atoms with Gasteiger partial charge in [0.15, 0.2) is 0 Å². The van der Waals surface area contributed by atoms with Gasteiger partial charge >= 0.3 is 0 Å². The summed E-state index contributed by atoms with van der Waals surface area (Å²) in [7, 11) is 3.11. The Hall–Kier alpha value is -2.08. The minimum Gasteiger partial charge on any atom is -0.497 e. The predicted molar refractivity (Wildman–Crippen MR) is 77.0 cm³/mol. The maximum absolute atomic E-state index is 11.9. The molecule has 2 atom stereocenters. The number of hydrogen-bond acceptors (Lipinski definition) is 5. The number of likely N-dealkylation sites (tertiary alicyclic amines) is 1. The molecule has 2 rings (SSSR count). The second-order valence-electron chi connectivity index (χ2n) is 5.16. The lowest BCUT2D eigenvalue weighted by Gasteiger charge is -2.21. The SMILES string of the molecule is COc1ccc(C(N)CN2C(=O)CC(C)C2=O)c(OC)c1. The molecule has 6 heteroatoms. The first-order valence-corrected chi connectivity index (χ1v) is 6.79. The number of methoxy groups -OCH3 is 2. The van der Waals surface area contributed by atoms with Crippen LogP contribution in [0.5, 0.6) is 11.5 Å². The molecule has 0 aliphatic carbocycles. The molecule has 1 heterocycles. The Kier molecular flexibility index (Phi) is 4.47. The van der Waals surface area contributed by atoms with Crippen LogP contribution in [0.1, 0.15) is 24.9 Å². The minimum absolute atomic E-state index is 0.157. The van der Waals surface area contributed by atoms with Crippen molar-refractivity contribution in [1.29, 1.82) is 0 Å². The van der Waals surface area contributed by atoms with E-state index in [1.807, 2.05) is 0 Å². The summed E-state index contributed by atoms with van der Waals surface area (Å²) in [5.74, 6) is 0.638. The van der Waals surface area contributed by atoms with Crippen molar-refractivity contribution in [2.45, 2.75) is 19.4 Å². The molecule has 114 valence electrons. The lowest BCUT2D eigenvalue weighted by Crippen LogP contribution is -2.37. The van der Waals surface area contributed by atoms with E-state index in [9.17, 15) is 9.59 Å². The van der Waals surface area contributed by atoms with Gasteiger partial charge in [0.05, 0.1) is 20.3 Å². The zero-order valence-electron chi connectivity index (χ0n) is 12.5. The Morgan fingerprint density at radius 1 is 1.33 bits per heavy atom. The fourth-order valence-electron chi connectivity index (χ4n) is 2.46. The smallest absolute Gasteiger partial charge is 0.232 e. The molecule has 0 radical (unpaired) electrons. The quantitative estimate of drug-likeness (QED) is 0.822. The van der Waals surface area contributed by atoms with E-state index in [1.165, 1.54) is 4.90 Å². The fourth-order valence-corrected chi connectivity index (χ4v) is 2.46. The van der Waals surface area contributed by atoms with E-state index in [0.29, 0.717) is 11.5 Å². The zero-order chi connectivity index (χ0) is 15.6. The van der Waals surface area contributed by atoms with Gasteiger partial charge in [-0.1, -0.05) is 13.0 Å². The number of rotatable bonds is 5. The number of amides is 2. The van der Waals surface area contributed by atoms with Gasteiger partial charge in [-0.2, -0.15) is 0 Å². The summed E-state index contributed by atoms with van der Waals surface area (Å²) in [5.41, 5.74) is 6.88. The molecule has 1 saturated heterocycles. The second-order valence-corrected chi connectivity index (χ2v) is 5.16. The van der Waals surface area contributed by atoms with Crippen molar-refractivity contribution in [2.24, 2.45) is 11.7 Å². The topological polar surface area (TPSA) is 81.9 Å². The van der Waals surface area contributed by atoms with Crippen molar-refractivity contribution in [2.75, 3.05) is 20.8 Å². The van der Waals surface area contributed by atoms with Gasteiger partial charge in [0, 0.05) is 30.5 Å². The largest absolute Gasteiger partial charge is 0.497 e. The number of imide groups is 1. The summed E-state index contributed by atoms with van der Waals surface area (Å²) in [6.07, 6.45) is 0.255. The molecule has 0 bridgehead atoms. The van der Waals surface area contributed by atoms with E-state index in [2.05, 4.69) is 0 Å². The number of ether oxygens (including phenoxy) is 2. The summed E-state index contributed by atoms with van der Waals surface area (Å²) in [5, 5.41) is 0. The van der Waals surface area contributed by atoms with Crippen molar-refractivity contribution in [3.63, 3.8) is 0 Å². The van der Waals surface area contributed by atoms with Crippen LogP contribution in [0.2, 0.25) is 0 Å². The molecule has 1 aromatic carbocycles. The number of nitrogens with zero attached hydrogens (tertiary/aromatic N) is 1. The molecule has 0 spiro atoms. The summed E-state index contributed by atoms with van der Waals surface area (Å²) >= 11 is 0. The van der Waals surface area contributed by atoms with Crippen LogP contribution in [-0.2, 0) is 9.59 Å². The summed E-state index contributed by atoms with van der Waals surface area (Å²) in [6, 6.07) is 4.79. The van der Waals surface area contributed by atoms with Gasteiger partial charge in [-0.25, -0.2) is 0 Å². The molecular weight excluding hydrogens is 272 g/mol. The molecular formula is C15H20N2O4. The molecule has 2 unspecified atom stereocenters. The first-order valence-electron chi connectivity index (χ1n) is 6.79. The van der Waals surface area contributed by atoms with Gasteiger partial charge in [0.1, 0.15) is 11.5 Å². The van der Waals surface area contributed by atoms with E-state index < -0.39 is 6.04 Å². The highest BCUT2D eigenvalue weighted by Crippen LogP contribution is 2.30. The van der Waals surface area contributed by atoms with Crippen molar-refractivity contribution in [3.8, 4) is 11.5 Å².